The molecule has 0 aromatic rings. The Labute approximate surface area is 179 Å². The summed E-state index contributed by atoms with van der Waals surface area (Å²) in [5.41, 5.74) is 3.45. The summed E-state index contributed by atoms with van der Waals surface area (Å²) in [6.07, 6.45) is 17.1. The van der Waals surface area contributed by atoms with Gasteiger partial charge >= 0.3 is 0 Å². The first-order chi connectivity index (χ1) is 13.8. The molecule has 29 heavy (non-hydrogen) atoms. The summed E-state index contributed by atoms with van der Waals surface area (Å²) < 4.78 is 0. The van der Waals surface area contributed by atoms with Crippen molar-refractivity contribution in [3.05, 3.63) is 11.6 Å². The maximum atomic E-state index is 9.27. The fraction of sp³-hybridized carbons (Fsp3) is 0.889. The van der Waals surface area contributed by atoms with E-state index >= 15 is 0 Å². The van der Waals surface area contributed by atoms with E-state index in [1.165, 1.54) is 64.2 Å². The van der Waals surface area contributed by atoms with Crippen molar-refractivity contribution in [2.75, 3.05) is 0 Å². The molecule has 2 nitrogen and oxygen atoms in total. The third kappa shape index (κ3) is 3.61. The highest BCUT2D eigenvalue weighted by atomic mass is 16.4. The van der Waals surface area contributed by atoms with Crippen molar-refractivity contribution in [3.63, 3.8) is 0 Å². The van der Waals surface area contributed by atoms with Crippen molar-refractivity contribution in [2.24, 2.45) is 51.5 Å². The van der Waals surface area contributed by atoms with Crippen LogP contribution in [-0.4, -0.2) is 10.9 Å². The predicted octanol–water partition coefficient (Wildman–Crippen LogP) is 7.86. The Balaban J connectivity index is 1.49. The molecule has 0 aromatic carbocycles. The van der Waals surface area contributed by atoms with Gasteiger partial charge in [-0.05, 0) is 104 Å². The Morgan fingerprint density at radius 2 is 1.79 bits per heavy atom. The van der Waals surface area contributed by atoms with E-state index in [9.17, 15) is 5.21 Å². The molecule has 0 heterocycles. The molecule has 0 spiro atoms. The quantitative estimate of drug-likeness (QED) is 0.370. The fourth-order valence-corrected chi connectivity index (χ4v) is 8.67. The molecule has 0 bridgehead atoms. The Morgan fingerprint density at radius 1 is 1.00 bits per heavy atom. The van der Waals surface area contributed by atoms with Crippen LogP contribution in [0.2, 0.25) is 0 Å². The molecule has 0 radical (unpaired) electrons. The van der Waals surface area contributed by atoms with Gasteiger partial charge in [-0.3, -0.25) is 0 Å². The minimum absolute atomic E-state index is 0.361. The molecule has 7 atom stereocenters. The van der Waals surface area contributed by atoms with Crippen molar-refractivity contribution >= 4 is 5.71 Å². The number of fused-ring (bicyclic) bond motifs is 5. The van der Waals surface area contributed by atoms with Gasteiger partial charge in [0, 0.05) is 0 Å². The van der Waals surface area contributed by atoms with Gasteiger partial charge in [-0.15, -0.1) is 0 Å². The molecule has 0 amide bonds. The highest BCUT2D eigenvalue weighted by Gasteiger charge is 2.59. The molecule has 164 valence electrons. The summed E-state index contributed by atoms with van der Waals surface area (Å²) in [4.78, 5) is 0. The maximum Gasteiger partial charge on any atom is 0.0795 e. The van der Waals surface area contributed by atoms with Gasteiger partial charge < -0.3 is 5.21 Å². The Morgan fingerprint density at radius 3 is 2.52 bits per heavy atom. The lowest BCUT2D eigenvalue weighted by Gasteiger charge is -2.58. The molecular weight excluding hydrogens is 354 g/mol. The van der Waals surface area contributed by atoms with Crippen LogP contribution < -0.4 is 0 Å². The van der Waals surface area contributed by atoms with E-state index in [0.717, 1.165) is 47.6 Å². The van der Waals surface area contributed by atoms with Gasteiger partial charge in [0.1, 0.15) is 0 Å². The summed E-state index contributed by atoms with van der Waals surface area (Å²) >= 11 is 0. The molecule has 0 saturated heterocycles. The number of hydrogen-bond acceptors (Lipinski definition) is 2. The van der Waals surface area contributed by atoms with Gasteiger partial charge in [0.05, 0.1) is 5.71 Å². The molecule has 0 aromatic heterocycles. The highest BCUT2D eigenvalue weighted by molar-refractivity contribution is 5.96. The topological polar surface area (TPSA) is 32.6 Å². The van der Waals surface area contributed by atoms with Crippen LogP contribution in [0.5, 0.6) is 0 Å². The van der Waals surface area contributed by atoms with Gasteiger partial charge in [-0.1, -0.05) is 64.6 Å². The minimum Gasteiger partial charge on any atom is -0.411 e. The number of rotatable bonds is 5. The second-order valence-corrected chi connectivity index (χ2v) is 12.1. The number of nitrogens with zero attached hydrogens (tertiary/aromatic N) is 1. The van der Waals surface area contributed by atoms with Crippen LogP contribution in [0.25, 0.3) is 0 Å². The Hall–Kier alpha value is -0.790. The van der Waals surface area contributed by atoms with Gasteiger partial charge in [0.25, 0.3) is 0 Å². The summed E-state index contributed by atoms with van der Waals surface area (Å²) in [6.45, 7) is 12.5. The maximum absolute atomic E-state index is 9.27. The van der Waals surface area contributed by atoms with Crippen molar-refractivity contribution in [3.8, 4) is 0 Å². The lowest BCUT2D eigenvalue weighted by Crippen LogP contribution is -2.51. The monoisotopic (exact) mass is 399 g/mol. The number of allylic oxidation sites excluding steroid dienone is 2. The van der Waals surface area contributed by atoms with Crippen LogP contribution in [0.3, 0.4) is 0 Å². The molecule has 2 heteroatoms. The average molecular weight is 400 g/mol. The zero-order valence-corrected chi connectivity index (χ0v) is 19.7. The largest absolute Gasteiger partial charge is 0.411 e. The molecule has 3 saturated carbocycles. The average Bonchev–Trinajstić information content (AvgIpc) is 3.04. The van der Waals surface area contributed by atoms with E-state index in [2.05, 4.69) is 45.9 Å². The van der Waals surface area contributed by atoms with Gasteiger partial charge in [0.15, 0.2) is 0 Å². The molecule has 4 aliphatic carbocycles. The number of hydrogen-bond donors (Lipinski definition) is 1. The second kappa shape index (κ2) is 8.04. The standard InChI is InChI=1S/C27H45NO/c1-18(2)7-6-8-19(3)23-11-12-24-22-10-9-20-17-21(28-29)13-15-26(20,4)25(22)14-16-27(23,24)5/h17-19,22-25,29H,6-16H2,1-5H3/b28-21-/t19-,22+,23-,24+,25+,26-,27+/m0/s1. The van der Waals surface area contributed by atoms with Gasteiger partial charge in [-0.25, -0.2) is 0 Å². The summed E-state index contributed by atoms with van der Waals surface area (Å²) in [7, 11) is 0. The van der Waals surface area contributed by atoms with E-state index in [0.29, 0.717) is 10.8 Å². The van der Waals surface area contributed by atoms with Gasteiger partial charge in [-0.2, -0.15) is 0 Å². The van der Waals surface area contributed by atoms with Crippen LogP contribution in [0.1, 0.15) is 105 Å². The third-order valence-electron chi connectivity index (χ3n) is 10.3. The van der Waals surface area contributed by atoms with Crippen molar-refractivity contribution in [1.82, 2.24) is 0 Å². The molecular formula is C27H45NO. The molecule has 3 fully saturated rings. The highest BCUT2D eigenvalue weighted by Crippen LogP contribution is 2.67. The summed E-state index contributed by atoms with van der Waals surface area (Å²) in [5.74, 6) is 5.43. The van der Waals surface area contributed by atoms with Crippen LogP contribution >= 0.6 is 0 Å². The van der Waals surface area contributed by atoms with E-state index in [1.807, 2.05) is 0 Å². The zero-order chi connectivity index (χ0) is 20.8. The first kappa shape index (κ1) is 21.4. The smallest absolute Gasteiger partial charge is 0.0795 e. The normalized spacial score (nSPS) is 44.2. The first-order valence-corrected chi connectivity index (χ1v) is 12.7. The summed E-state index contributed by atoms with van der Waals surface area (Å²) in [6, 6.07) is 0. The zero-order valence-electron chi connectivity index (χ0n) is 19.7. The van der Waals surface area contributed by atoms with Crippen molar-refractivity contribution in [2.45, 2.75) is 105 Å². The van der Waals surface area contributed by atoms with E-state index < -0.39 is 0 Å². The lowest BCUT2D eigenvalue weighted by atomic mass is 9.46. The summed E-state index contributed by atoms with van der Waals surface area (Å²) in [5, 5.41) is 12.8. The number of oxime groups is 1. The van der Waals surface area contributed by atoms with E-state index in [1.54, 1.807) is 5.57 Å². The predicted molar refractivity (Wildman–Crippen MR) is 122 cm³/mol. The SMILES string of the molecule is CC(C)CCC[C@H](C)[C@@H]1CC[C@@H]2[C@H]3CCC4=C/C(=N\O)CC[C@]4(C)[C@@H]3CC[C@@]21C. The Kier molecular flexibility index (Phi) is 5.95. The van der Waals surface area contributed by atoms with Crippen LogP contribution in [-0.2, 0) is 0 Å². The van der Waals surface area contributed by atoms with Crippen LogP contribution in [0, 0.1) is 46.3 Å². The second-order valence-electron chi connectivity index (χ2n) is 12.1. The molecule has 4 aliphatic rings. The first-order valence-electron chi connectivity index (χ1n) is 12.7. The van der Waals surface area contributed by atoms with E-state index in [4.69, 9.17) is 0 Å². The van der Waals surface area contributed by atoms with Crippen molar-refractivity contribution in [1.29, 1.82) is 0 Å². The van der Waals surface area contributed by atoms with Gasteiger partial charge in [0.2, 0.25) is 0 Å². The lowest BCUT2D eigenvalue weighted by molar-refractivity contribution is -0.0574. The Bertz CT molecular complexity index is 663. The molecule has 0 aliphatic heterocycles. The third-order valence-corrected chi connectivity index (χ3v) is 10.3. The van der Waals surface area contributed by atoms with Crippen molar-refractivity contribution < 1.29 is 5.21 Å². The fourth-order valence-electron chi connectivity index (χ4n) is 8.67. The molecule has 0 unspecified atom stereocenters. The van der Waals surface area contributed by atoms with E-state index in [-0.39, 0.29) is 0 Å². The van der Waals surface area contributed by atoms with Crippen LogP contribution in [0.15, 0.2) is 16.8 Å². The molecule has 4 rings (SSSR count). The minimum atomic E-state index is 0.361. The van der Waals surface area contributed by atoms with Crippen LogP contribution in [0.4, 0.5) is 0 Å². The molecule has 1 N–H and O–H groups in total.